The van der Waals surface area contributed by atoms with Gasteiger partial charge < -0.3 is 4.74 Å². The Morgan fingerprint density at radius 3 is 2.54 bits per heavy atom. The van der Waals surface area contributed by atoms with Gasteiger partial charge >= 0.3 is 5.97 Å². The first-order chi connectivity index (χ1) is 13.3. The monoisotopic (exact) mass is 501 g/mol. The molecule has 0 atom stereocenters. The molecule has 3 aromatic rings. The van der Waals surface area contributed by atoms with Crippen LogP contribution in [-0.4, -0.2) is 31.9 Å². The van der Waals surface area contributed by atoms with Gasteiger partial charge in [-0.2, -0.15) is 0 Å². The Balaban J connectivity index is 1.54. The number of ether oxygens (including phenoxy) is 1. The zero-order valence-electron chi connectivity index (χ0n) is 13.9. The van der Waals surface area contributed by atoms with Crippen molar-refractivity contribution in [3.05, 3.63) is 57.3 Å². The predicted molar refractivity (Wildman–Crippen MR) is 110 cm³/mol. The lowest BCUT2D eigenvalue weighted by molar-refractivity contribution is -0.119. The van der Waals surface area contributed by atoms with Crippen molar-refractivity contribution in [2.24, 2.45) is 0 Å². The van der Waals surface area contributed by atoms with Gasteiger partial charge in [0.2, 0.25) is 0 Å². The van der Waals surface area contributed by atoms with Gasteiger partial charge in [0.15, 0.2) is 11.7 Å². The van der Waals surface area contributed by atoms with Crippen molar-refractivity contribution >= 4 is 71.3 Å². The van der Waals surface area contributed by atoms with E-state index in [-0.39, 0.29) is 9.77 Å². The highest BCUT2D eigenvalue weighted by molar-refractivity contribution is 9.11. The minimum absolute atomic E-state index is 0.184. The minimum atomic E-state index is -3.66. The van der Waals surface area contributed by atoms with Crippen LogP contribution < -0.4 is 10.0 Å². The average Bonchev–Trinajstić information content (AvgIpc) is 3.32. The van der Waals surface area contributed by atoms with Crippen LogP contribution in [0.3, 0.4) is 0 Å². The van der Waals surface area contributed by atoms with E-state index in [1.54, 1.807) is 17.6 Å². The number of anilines is 2. The third-order valence-corrected chi connectivity index (χ3v) is 7.36. The van der Waals surface area contributed by atoms with Crippen LogP contribution in [0.4, 0.5) is 10.8 Å². The second-order valence-corrected chi connectivity index (χ2v) is 10.5. The number of aromatic nitrogens is 1. The van der Waals surface area contributed by atoms with Crippen LogP contribution in [0.1, 0.15) is 10.4 Å². The molecule has 1 aromatic carbocycles. The molecular formula is C16H12BrN3O5S3. The number of hydrogen-bond donors (Lipinski definition) is 2. The Kier molecular flexibility index (Phi) is 6.44. The van der Waals surface area contributed by atoms with Crippen LogP contribution in [-0.2, 0) is 19.6 Å². The maximum absolute atomic E-state index is 12.2. The number of carbonyl (C=O) groups is 2. The smallest absolute Gasteiger partial charge is 0.338 e. The molecule has 0 unspecified atom stereocenters. The number of sulfonamides is 1. The maximum Gasteiger partial charge on any atom is 0.338 e. The fourth-order valence-electron chi connectivity index (χ4n) is 1.98. The fourth-order valence-corrected chi connectivity index (χ4v) is 5.15. The molecule has 12 heteroatoms. The molecule has 2 heterocycles. The van der Waals surface area contributed by atoms with Crippen molar-refractivity contribution in [1.29, 1.82) is 0 Å². The summed E-state index contributed by atoms with van der Waals surface area (Å²) >= 11 is 5.56. The zero-order valence-corrected chi connectivity index (χ0v) is 18.0. The highest BCUT2D eigenvalue weighted by Gasteiger charge is 2.16. The molecule has 0 saturated heterocycles. The maximum atomic E-state index is 12.2. The van der Waals surface area contributed by atoms with Gasteiger partial charge in [0, 0.05) is 5.69 Å². The normalized spacial score (nSPS) is 11.0. The molecule has 2 N–H and O–H groups in total. The van der Waals surface area contributed by atoms with Gasteiger partial charge in [-0.25, -0.2) is 18.2 Å². The second kappa shape index (κ2) is 8.82. The standard InChI is InChI=1S/C16H12BrN3O5S3/c17-12-8-18-16(27-12)19-13(21)9-25-15(22)10-3-5-11(6-4-10)20-28(23,24)14-2-1-7-26-14/h1-8,20H,9H2,(H,18,19,21). The first-order valence-electron chi connectivity index (χ1n) is 7.58. The number of benzene rings is 1. The molecule has 0 aliphatic heterocycles. The van der Waals surface area contributed by atoms with E-state index in [9.17, 15) is 18.0 Å². The summed E-state index contributed by atoms with van der Waals surface area (Å²) in [6.45, 7) is -0.469. The SMILES string of the molecule is O=C(COC(=O)c1ccc(NS(=O)(=O)c2cccs2)cc1)Nc1ncc(Br)s1. The number of thiazole rings is 1. The van der Waals surface area contributed by atoms with Crippen molar-refractivity contribution in [3.63, 3.8) is 0 Å². The Labute approximate surface area is 176 Å². The minimum Gasteiger partial charge on any atom is -0.452 e. The van der Waals surface area contributed by atoms with Gasteiger partial charge in [-0.3, -0.25) is 14.8 Å². The summed E-state index contributed by atoms with van der Waals surface area (Å²) in [6.07, 6.45) is 1.54. The van der Waals surface area contributed by atoms with Crippen LogP contribution in [0.25, 0.3) is 0 Å². The van der Waals surface area contributed by atoms with Gasteiger partial charge in [-0.05, 0) is 51.6 Å². The van der Waals surface area contributed by atoms with E-state index in [1.807, 2.05) is 0 Å². The third-order valence-electron chi connectivity index (χ3n) is 3.19. The summed E-state index contributed by atoms with van der Waals surface area (Å²) in [5.74, 6) is -1.22. The molecule has 146 valence electrons. The first kappa shape index (κ1) is 20.5. The highest BCUT2D eigenvalue weighted by Crippen LogP contribution is 2.23. The van der Waals surface area contributed by atoms with Crippen molar-refractivity contribution in [3.8, 4) is 0 Å². The van der Waals surface area contributed by atoms with Gasteiger partial charge in [0.05, 0.1) is 15.5 Å². The van der Waals surface area contributed by atoms with Crippen molar-refractivity contribution in [2.75, 3.05) is 16.6 Å². The van der Waals surface area contributed by atoms with E-state index in [1.165, 1.54) is 41.7 Å². The molecule has 0 saturated carbocycles. The number of amides is 1. The number of nitrogens with zero attached hydrogens (tertiary/aromatic N) is 1. The first-order valence-corrected chi connectivity index (χ1v) is 11.6. The molecule has 0 fully saturated rings. The Hall–Kier alpha value is -2.28. The van der Waals surface area contributed by atoms with Crippen molar-refractivity contribution < 1.29 is 22.7 Å². The number of nitrogens with one attached hydrogen (secondary N) is 2. The molecule has 3 rings (SSSR count). The predicted octanol–water partition coefficient (Wildman–Crippen LogP) is 3.56. The second-order valence-electron chi connectivity index (χ2n) is 5.21. The summed E-state index contributed by atoms with van der Waals surface area (Å²) in [7, 11) is -3.66. The van der Waals surface area contributed by atoms with Crippen LogP contribution in [0.15, 0.2) is 56.0 Å². The molecule has 0 aliphatic rings. The topological polar surface area (TPSA) is 114 Å². The number of thiophene rings is 1. The third kappa shape index (κ3) is 5.38. The molecule has 0 spiro atoms. The quantitative estimate of drug-likeness (QED) is 0.478. The van der Waals surface area contributed by atoms with Crippen LogP contribution in [0, 0.1) is 0 Å². The van der Waals surface area contributed by atoms with Gasteiger partial charge in [-0.15, -0.1) is 11.3 Å². The van der Waals surface area contributed by atoms with E-state index in [4.69, 9.17) is 4.74 Å². The van der Waals surface area contributed by atoms with Gasteiger partial charge in [0.25, 0.3) is 15.9 Å². The van der Waals surface area contributed by atoms with E-state index in [0.717, 1.165) is 15.1 Å². The zero-order chi connectivity index (χ0) is 20.1. The molecular weight excluding hydrogens is 490 g/mol. The summed E-state index contributed by atoms with van der Waals surface area (Å²) in [6, 6.07) is 8.83. The summed E-state index contributed by atoms with van der Waals surface area (Å²) in [5.41, 5.74) is 0.487. The van der Waals surface area contributed by atoms with E-state index >= 15 is 0 Å². The molecule has 0 aliphatic carbocycles. The Bertz CT molecular complexity index is 1080. The molecule has 0 bridgehead atoms. The van der Waals surface area contributed by atoms with Gasteiger partial charge in [-0.1, -0.05) is 17.4 Å². The highest BCUT2D eigenvalue weighted by atomic mass is 79.9. The lowest BCUT2D eigenvalue weighted by Gasteiger charge is -2.08. The number of carbonyl (C=O) groups excluding carboxylic acids is 2. The number of hydrogen-bond acceptors (Lipinski definition) is 8. The van der Waals surface area contributed by atoms with Crippen LogP contribution in [0.5, 0.6) is 0 Å². The largest absolute Gasteiger partial charge is 0.452 e. The van der Waals surface area contributed by atoms with Gasteiger partial charge in [0.1, 0.15) is 4.21 Å². The fraction of sp³-hybridized carbons (Fsp3) is 0.0625. The van der Waals surface area contributed by atoms with Crippen LogP contribution >= 0.6 is 38.6 Å². The molecule has 0 radical (unpaired) electrons. The number of halogens is 1. The number of rotatable bonds is 7. The summed E-state index contributed by atoms with van der Waals surface area (Å²) < 4.78 is 32.6. The molecule has 8 nitrogen and oxygen atoms in total. The Morgan fingerprint density at radius 2 is 1.93 bits per heavy atom. The molecule has 2 aromatic heterocycles. The lowest BCUT2D eigenvalue weighted by atomic mass is 10.2. The summed E-state index contributed by atoms with van der Waals surface area (Å²) in [4.78, 5) is 27.7. The van der Waals surface area contributed by atoms with Crippen molar-refractivity contribution in [1.82, 2.24) is 4.98 Å². The van der Waals surface area contributed by atoms with E-state index in [2.05, 4.69) is 31.0 Å². The van der Waals surface area contributed by atoms with E-state index < -0.39 is 28.5 Å². The summed E-state index contributed by atoms with van der Waals surface area (Å²) in [5, 5.41) is 4.55. The van der Waals surface area contributed by atoms with Crippen molar-refractivity contribution in [2.45, 2.75) is 4.21 Å². The lowest BCUT2D eigenvalue weighted by Crippen LogP contribution is -2.20. The molecule has 28 heavy (non-hydrogen) atoms. The van der Waals surface area contributed by atoms with Crippen LogP contribution in [0.2, 0.25) is 0 Å². The Morgan fingerprint density at radius 1 is 1.18 bits per heavy atom. The van der Waals surface area contributed by atoms with E-state index in [0.29, 0.717) is 10.8 Å². The number of esters is 1. The average molecular weight is 502 g/mol. The molecule has 1 amide bonds.